The fourth-order valence-corrected chi connectivity index (χ4v) is 11.0. The summed E-state index contributed by atoms with van der Waals surface area (Å²) >= 11 is 0. The number of hydrogen-bond acceptors (Lipinski definition) is 4. The first-order valence-corrected chi connectivity index (χ1v) is 14.7. The summed E-state index contributed by atoms with van der Waals surface area (Å²) in [6.45, 7) is 4.48. The molecule has 0 radical (unpaired) electrons. The number of anilines is 1. The van der Waals surface area contributed by atoms with E-state index in [0.717, 1.165) is 41.4 Å². The van der Waals surface area contributed by atoms with Crippen LogP contribution >= 0.6 is 6.60 Å². The SMILES string of the molecule is CCP1(CC)(CC)C[C@@H](c2ccccc2)N(c2ccccc2)N=C1c1ccc([N+](=O)[O-])cc1. The monoisotopic (exact) mass is 461 g/mol. The fourth-order valence-electron chi connectivity index (χ4n) is 5.32. The van der Waals surface area contributed by atoms with Crippen molar-refractivity contribution in [3.05, 3.63) is 106 Å². The van der Waals surface area contributed by atoms with E-state index in [1.165, 1.54) is 5.56 Å². The van der Waals surface area contributed by atoms with Crippen LogP contribution in [0.15, 0.2) is 90.0 Å². The molecule has 3 aromatic rings. The molecule has 0 N–H and O–H groups in total. The third kappa shape index (κ3) is 3.95. The number of hydrazone groups is 1. The molecule has 0 saturated carbocycles. The molecule has 1 atom stereocenters. The summed E-state index contributed by atoms with van der Waals surface area (Å²) in [6, 6.07) is 28.2. The molecule has 0 aromatic heterocycles. The molecule has 0 saturated heterocycles. The molecule has 1 aliphatic rings. The fraction of sp³-hybridized carbons (Fsp3) is 0.296. The van der Waals surface area contributed by atoms with E-state index in [1.807, 2.05) is 30.3 Å². The first-order chi connectivity index (χ1) is 16.0. The molecule has 0 fully saturated rings. The van der Waals surface area contributed by atoms with Gasteiger partial charge in [0.25, 0.3) is 0 Å². The van der Waals surface area contributed by atoms with E-state index >= 15 is 0 Å². The van der Waals surface area contributed by atoms with Gasteiger partial charge in [0, 0.05) is 0 Å². The summed E-state index contributed by atoms with van der Waals surface area (Å²) in [5.41, 5.74) is 4.61. The van der Waals surface area contributed by atoms with Crippen LogP contribution in [0.25, 0.3) is 0 Å². The normalized spacial score (nSPS) is 20.3. The number of hydrogen-bond donors (Lipinski definition) is 0. The zero-order valence-corrected chi connectivity index (χ0v) is 20.5. The summed E-state index contributed by atoms with van der Waals surface area (Å²) < 4.78 is 0. The van der Waals surface area contributed by atoms with Gasteiger partial charge in [0.05, 0.1) is 0 Å². The van der Waals surface area contributed by atoms with Crippen molar-refractivity contribution in [3.63, 3.8) is 0 Å². The number of nitro groups is 1. The molecule has 1 heterocycles. The molecular weight excluding hydrogens is 429 g/mol. The van der Waals surface area contributed by atoms with Crippen LogP contribution < -0.4 is 5.01 Å². The minimum absolute atomic E-state index is 0.113. The van der Waals surface area contributed by atoms with Crippen molar-refractivity contribution < 1.29 is 4.92 Å². The van der Waals surface area contributed by atoms with Gasteiger partial charge in [0.1, 0.15) is 0 Å². The molecule has 0 amide bonds. The average molecular weight is 462 g/mol. The van der Waals surface area contributed by atoms with E-state index in [9.17, 15) is 10.1 Å². The van der Waals surface area contributed by atoms with E-state index in [1.54, 1.807) is 12.1 Å². The summed E-state index contributed by atoms with van der Waals surface area (Å²) in [6.07, 6.45) is 4.25. The number of rotatable bonds is 7. The Morgan fingerprint density at radius 1 is 0.879 bits per heavy atom. The van der Waals surface area contributed by atoms with Gasteiger partial charge in [-0.05, 0) is 0 Å². The predicted molar refractivity (Wildman–Crippen MR) is 141 cm³/mol. The first-order valence-electron chi connectivity index (χ1n) is 11.7. The number of para-hydroxylation sites is 1. The first kappa shape index (κ1) is 23.1. The molecular formula is C27H32N3O2P. The standard InChI is InChI=1S/C27H32N3O2P/c1-4-33(5-2,6-3)21-26(22-13-9-7-10-14-22)29(24-15-11-8-12-16-24)28-27(33)23-17-19-25(20-18-23)30(31)32/h7-20,26H,4-6,21H2,1-3H3/t26-/m0/s1. The molecule has 172 valence electrons. The second kappa shape index (κ2) is 9.07. The second-order valence-corrected chi connectivity index (χ2v) is 15.6. The van der Waals surface area contributed by atoms with Crippen LogP contribution in [0, 0.1) is 10.1 Å². The number of nitrogens with zero attached hydrogens (tertiary/aromatic N) is 3. The van der Waals surface area contributed by atoms with Gasteiger partial charge in [0.15, 0.2) is 0 Å². The van der Waals surface area contributed by atoms with Crippen LogP contribution in [-0.4, -0.2) is 35.0 Å². The molecule has 4 rings (SSSR count). The van der Waals surface area contributed by atoms with Crippen LogP contribution in [0.5, 0.6) is 0 Å². The van der Waals surface area contributed by atoms with E-state index in [2.05, 4.69) is 68.2 Å². The molecule has 3 aromatic carbocycles. The van der Waals surface area contributed by atoms with Gasteiger partial charge < -0.3 is 0 Å². The van der Waals surface area contributed by atoms with E-state index in [4.69, 9.17) is 5.10 Å². The average Bonchev–Trinajstić information content (AvgIpc) is 2.89. The third-order valence-electron chi connectivity index (χ3n) is 7.78. The van der Waals surface area contributed by atoms with Gasteiger partial charge in [-0.25, -0.2) is 0 Å². The Morgan fingerprint density at radius 3 is 1.94 bits per heavy atom. The van der Waals surface area contributed by atoms with Crippen molar-refractivity contribution >= 4 is 23.4 Å². The third-order valence-corrected chi connectivity index (χ3v) is 15.6. The van der Waals surface area contributed by atoms with Gasteiger partial charge >= 0.3 is 196 Å². The zero-order chi connectivity index (χ0) is 23.5. The Labute approximate surface area is 196 Å². The van der Waals surface area contributed by atoms with Crippen LogP contribution in [0.3, 0.4) is 0 Å². The number of nitro benzene ring substituents is 1. The Kier molecular flexibility index (Phi) is 6.36. The van der Waals surface area contributed by atoms with Gasteiger partial charge in [0.2, 0.25) is 0 Å². The Balaban J connectivity index is 1.98. The Bertz CT molecular complexity index is 1130. The van der Waals surface area contributed by atoms with Crippen molar-refractivity contribution in [2.24, 2.45) is 5.10 Å². The molecule has 0 spiro atoms. The Morgan fingerprint density at radius 2 is 1.42 bits per heavy atom. The summed E-state index contributed by atoms with van der Waals surface area (Å²) in [5.74, 6) is 0. The second-order valence-electron chi connectivity index (χ2n) is 8.94. The van der Waals surface area contributed by atoms with E-state index in [0.29, 0.717) is 0 Å². The minimum atomic E-state index is -2.46. The summed E-state index contributed by atoms with van der Waals surface area (Å²) in [7, 11) is 0. The maximum absolute atomic E-state index is 11.3. The molecule has 0 aliphatic carbocycles. The summed E-state index contributed by atoms with van der Waals surface area (Å²) in [5, 5.41) is 18.9. The predicted octanol–water partition coefficient (Wildman–Crippen LogP) is 7.13. The van der Waals surface area contributed by atoms with Gasteiger partial charge in [-0.2, -0.15) is 0 Å². The van der Waals surface area contributed by atoms with Crippen molar-refractivity contribution in [2.45, 2.75) is 26.8 Å². The van der Waals surface area contributed by atoms with E-state index < -0.39 is 6.60 Å². The molecule has 33 heavy (non-hydrogen) atoms. The van der Waals surface area contributed by atoms with Crippen LogP contribution in [0.1, 0.15) is 37.9 Å². The number of non-ortho nitro benzene ring substituents is 1. The van der Waals surface area contributed by atoms with Gasteiger partial charge in [-0.3, -0.25) is 0 Å². The van der Waals surface area contributed by atoms with Crippen molar-refractivity contribution in [2.75, 3.05) is 29.7 Å². The van der Waals surface area contributed by atoms with Crippen molar-refractivity contribution in [1.82, 2.24) is 0 Å². The molecule has 5 nitrogen and oxygen atoms in total. The molecule has 0 bridgehead atoms. The number of benzene rings is 3. The quantitative estimate of drug-likeness (QED) is 0.214. The molecule has 6 heteroatoms. The van der Waals surface area contributed by atoms with Crippen molar-refractivity contribution in [1.29, 1.82) is 0 Å². The zero-order valence-electron chi connectivity index (χ0n) is 19.6. The molecule has 1 aliphatic heterocycles. The maximum atomic E-state index is 11.3. The van der Waals surface area contributed by atoms with Crippen LogP contribution in [0.2, 0.25) is 0 Å². The Hall–Kier alpha value is -3.04. The van der Waals surface area contributed by atoms with Crippen molar-refractivity contribution in [3.8, 4) is 0 Å². The topological polar surface area (TPSA) is 58.7 Å². The van der Waals surface area contributed by atoms with E-state index in [-0.39, 0.29) is 16.7 Å². The van der Waals surface area contributed by atoms with Crippen LogP contribution in [-0.2, 0) is 0 Å². The van der Waals surface area contributed by atoms with Crippen LogP contribution in [0.4, 0.5) is 11.4 Å². The molecule has 0 unspecified atom stereocenters. The van der Waals surface area contributed by atoms with Gasteiger partial charge in [-0.15, -0.1) is 0 Å². The van der Waals surface area contributed by atoms with Gasteiger partial charge in [-0.1, -0.05) is 0 Å². The summed E-state index contributed by atoms with van der Waals surface area (Å²) in [4.78, 5) is 10.9.